The average molecular weight is 386 g/mol. The van der Waals surface area contributed by atoms with Gasteiger partial charge in [0.1, 0.15) is 0 Å². The highest BCUT2D eigenvalue weighted by Crippen LogP contribution is 2.41. The van der Waals surface area contributed by atoms with Crippen LogP contribution in [0, 0.1) is 6.92 Å². The number of imide groups is 1. The van der Waals surface area contributed by atoms with Gasteiger partial charge in [-0.15, -0.1) is 0 Å². The molecule has 0 bridgehead atoms. The minimum atomic E-state index is -1.08. The summed E-state index contributed by atoms with van der Waals surface area (Å²) in [6, 6.07) is 7.65. The number of likely N-dealkylation sites (tertiary alicyclic amines) is 2. The van der Waals surface area contributed by atoms with E-state index >= 15 is 0 Å². The molecular weight excluding hydrogens is 354 g/mol. The minimum Gasteiger partial charge on any atom is -0.343 e. The number of aryl methyl sites for hydroxylation is 1. The summed E-state index contributed by atoms with van der Waals surface area (Å²) in [4.78, 5) is 44.6. The second-order valence-electron chi connectivity index (χ2n) is 8.35. The smallest absolute Gasteiger partial charge is 0.240 e. The Balaban J connectivity index is 1.94. The van der Waals surface area contributed by atoms with E-state index in [1.54, 1.807) is 0 Å². The quantitative estimate of drug-likeness (QED) is 0.703. The Morgan fingerprint density at radius 2 is 1.79 bits per heavy atom. The molecule has 2 fully saturated rings. The highest BCUT2D eigenvalue weighted by atomic mass is 16.2. The van der Waals surface area contributed by atoms with E-state index in [1.165, 1.54) is 4.90 Å². The zero-order valence-corrected chi connectivity index (χ0v) is 17.2. The van der Waals surface area contributed by atoms with E-state index in [-0.39, 0.29) is 30.6 Å². The van der Waals surface area contributed by atoms with Crippen LogP contribution >= 0.6 is 0 Å². The summed E-state index contributed by atoms with van der Waals surface area (Å²) in [5, 5.41) is 0. The van der Waals surface area contributed by atoms with Gasteiger partial charge < -0.3 is 9.80 Å². The molecule has 0 spiro atoms. The fourth-order valence-electron chi connectivity index (χ4n) is 4.39. The van der Waals surface area contributed by atoms with Crippen LogP contribution in [0.5, 0.6) is 0 Å². The lowest BCUT2D eigenvalue weighted by Gasteiger charge is -2.33. The van der Waals surface area contributed by atoms with Gasteiger partial charge >= 0.3 is 0 Å². The molecule has 0 unspecified atom stereocenters. The van der Waals surface area contributed by atoms with Gasteiger partial charge in [-0.3, -0.25) is 19.3 Å². The van der Waals surface area contributed by atoms with Gasteiger partial charge in [-0.2, -0.15) is 0 Å². The van der Waals surface area contributed by atoms with E-state index in [1.807, 2.05) is 55.1 Å². The first-order chi connectivity index (χ1) is 13.3. The number of carbonyl (C=O) groups is 3. The first kappa shape index (κ1) is 20.5. The Labute approximate surface area is 167 Å². The predicted octanol–water partition coefficient (Wildman–Crippen LogP) is 1.96. The Morgan fingerprint density at radius 3 is 2.43 bits per heavy atom. The molecule has 28 heavy (non-hydrogen) atoms. The van der Waals surface area contributed by atoms with Crippen molar-refractivity contribution in [3.8, 4) is 0 Å². The van der Waals surface area contributed by atoms with E-state index in [0.717, 1.165) is 43.5 Å². The van der Waals surface area contributed by atoms with Gasteiger partial charge in [0.15, 0.2) is 0 Å². The Kier molecular flexibility index (Phi) is 6.18. The highest BCUT2D eigenvalue weighted by molar-refractivity contribution is 6.11. The zero-order valence-electron chi connectivity index (χ0n) is 17.2. The molecule has 0 radical (unpaired) electrons. The van der Waals surface area contributed by atoms with Crippen LogP contribution in [0.1, 0.15) is 43.2 Å². The van der Waals surface area contributed by atoms with Gasteiger partial charge in [-0.05, 0) is 51.4 Å². The summed E-state index contributed by atoms with van der Waals surface area (Å²) in [5.74, 6) is -0.417. The number of nitrogens with zero attached hydrogens (tertiary/aromatic N) is 3. The maximum atomic E-state index is 13.5. The fourth-order valence-corrected chi connectivity index (χ4v) is 4.39. The number of amides is 3. The highest BCUT2D eigenvalue weighted by Gasteiger charge is 2.54. The molecule has 3 rings (SSSR count). The Morgan fingerprint density at radius 1 is 1.11 bits per heavy atom. The van der Waals surface area contributed by atoms with Crippen LogP contribution in [-0.4, -0.2) is 72.7 Å². The second-order valence-corrected chi connectivity index (χ2v) is 8.35. The molecule has 2 aliphatic heterocycles. The van der Waals surface area contributed by atoms with Gasteiger partial charge in [-0.1, -0.05) is 24.3 Å². The molecular formula is C22H31N3O3. The fraction of sp³-hybridized carbons (Fsp3) is 0.591. The number of hydrogen-bond acceptors (Lipinski definition) is 4. The van der Waals surface area contributed by atoms with Gasteiger partial charge in [0.2, 0.25) is 17.7 Å². The van der Waals surface area contributed by atoms with Gasteiger partial charge in [0, 0.05) is 39.0 Å². The summed E-state index contributed by atoms with van der Waals surface area (Å²) < 4.78 is 0. The van der Waals surface area contributed by atoms with E-state index in [2.05, 4.69) is 0 Å². The molecule has 6 heteroatoms. The standard InChI is InChI=1S/C22H31N3O3/c1-17-9-5-6-10-18(17)22(15-19(26)24-11-7-4-8-12-24)16-20(27)25(21(22)28)14-13-23(2)3/h5-6,9-10H,4,7-8,11-16H2,1-3H3/t22-/m1/s1. The van der Waals surface area contributed by atoms with Crippen molar-refractivity contribution in [3.05, 3.63) is 35.4 Å². The molecule has 2 heterocycles. The van der Waals surface area contributed by atoms with E-state index in [4.69, 9.17) is 0 Å². The van der Waals surface area contributed by atoms with Crippen LogP contribution in [0.15, 0.2) is 24.3 Å². The van der Waals surface area contributed by atoms with E-state index < -0.39 is 5.41 Å². The van der Waals surface area contributed by atoms with E-state index in [9.17, 15) is 14.4 Å². The maximum Gasteiger partial charge on any atom is 0.240 e. The normalized spacial score (nSPS) is 23.0. The molecule has 0 aromatic heterocycles. The second kappa shape index (κ2) is 8.43. The van der Waals surface area contributed by atoms with Crippen LogP contribution in [0.3, 0.4) is 0 Å². The first-order valence-electron chi connectivity index (χ1n) is 10.2. The number of hydrogen-bond donors (Lipinski definition) is 0. The van der Waals surface area contributed by atoms with Gasteiger partial charge in [0.05, 0.1) is 5.41 Å². The number of carbonyl (C=O) groups excluding carboxylic acids is 3. The van der Waals surface area contributed by atoms with Crippen LogP contribution in [0.4, 0.5) is 0 Å². The number of likely N-dealkylation sites (N-methyl/N-ethyl adjacent to an activating group) is 1. The molecule has 0 N–H and O–H groups in total. The maximum absolute atomic E-state index is 13.5. The largest absolute Gasteiger partial charge is 0.343 e. The van der Waals surface area contributed by atoms with Gasteiger partial charge in [0.25, 0.3) is 0 Å². The van der Waals surface area contributed by atoms with Crippen molar-refractivity contribution in [2.75, 3.05) is 40.3 Å². The van der Waals surface area contributed by atoms with Crippen molar-refractivity contribution < 1.29 is 14.4 Å². The molecule has 152 valence electrons. The molecule has 1 atom stereocenters. The zero-order chi connectivity index (χ0) is 20.3. The summed E-state index contributed by atoms with van der Waals surface area (Å²) in [6.07, 6.45) is 3.29. The molecule has 0 aliphatic carbocycles. The molecule has 2 aliphatic rings. The van der Waals surface area contributed by atoms with Crippen molar-refractivity contribution in [1.29, 1.82) is 0 Å². The van der Waals surface area contributed by atoms with Crippen LogP contribution in [0.25, 0.3) is 0 Å². The number of benzene rings is 1. The molecule has 0 saturated carbocycles. The van der Waals surface area contributed by atoms with E-state index in [0.29, 0.717) is 13.1 Å². The molecule has 2 saturated heterocycles. The van der Waals surface area contributed by atoms with Crippen molar-refractivity contribution in [1.82, 2.24) is 14.7 Å². The summed E-state index contributed by atoms with van der Waals surface area (Å²) >= 11 is 0. The lowest BCUT2D eigenvalue weighted by molar-refractivity contribution is -0.143. The lowest BCUT2D eigenvalue weighted by Crippen LogP contribution is -2.45. The minimum absolute atomic E-state index is 0.0152. The molecule has 1 aromatic rings. The SMILES string of the molecule is Cc1ccccc1[C@@]1(CC(=O)N2CCCCC2)CC(=O)N(CCN(C)C)C1=O. The van der Waals surface area contributed by atoms with Crippen molar-refractivity contribution in [2.45, 2.75) is 44.4 Å². The Bertz CT molecular complexity index is 755. The molecule has 1 aromatic carbocycles. The first-order valence-corrected chi connectivity index (χ1v) is 10.2. The molecule has 6 nitrogen and oxygen atoms in total. The summed E-state index contributed by atoms with van der Waals surface area (Å²) in [6.45, 7) is 4.41. The number of rotatable bonds is 6. The van der Waals surface area contributed by atoms with Gasteiger partial charge in [-0.25, -0.2) is 0 Å². The lowest BCUT2D eigenvalue weighted by atomic mass is 9.73. The van der Waals surface area contributed by atoms with Crippen molar-refractivity contribution >= 4 is 17.7 Å². The Hall–Kier alpha value is -2.21. The van der Waals surface area contributed by atoms with Crippen molar-refractivity contribution in [3.63, 3.8) is 0 Å². The summed E-state index contributed by atoms with van der Waals surface area (Å²) in [7, 11) is 3.83. The van der Waals surface area contributed by atoms with Crippen molar-refractivity contribution in [2.24, 2.45) is 0 Å². The summed E-state index contributed by atoms with van der Waals surface area (Å²) in [5.41, 5.74) is 0.680. The van der Waals surface area contributed by atoms with Crippen LogP contribution in [0.2, 0.25) is 0 Å². The third-order valence-electron chi connectivity index (χ3n) is 6.00. The third-order valence-corrected chi connectivity index (χ3v) is 6.00. The number of piperidine rings is 1. The van der Waals surface area contributed by atoms with Crippen LogP contribution in [-0.2, 0) is 19.8 Å². The third kappa shape index (κ3) is 3.97. The average Bonchev–Trinajstić information content (AvgIpc) is 2.91. The predicted molar refractivity (Wildman–Crippen MR) is 108 cm³/mol. The topological polar surface area (TPSA) is 60.9 Å². The monoisotopic (exact) mass is 385 g/mol. The molecule has 3 amide bonds. The van der Waals surface area contributed by atoms with Crippen LogP contribution < -0.4 is 0 Å².